The van der Waals surface area contributed by atoms with E-state index < -0.39 is 5.82 Å². The number of aromatic hydroxyl groups is 1. The van der Waals surface area contributed by atoms with E-state index in [1.54, 1.807) is 0 Å². The third kappa shape index (κ3) is 2.54. The van der Waals surface area contributed by atoms with E-state index in [9.17, 15) is 9.50 Å². The second-order valence-electron chi connectivity index (χ2n) is 4.27. The summed E-state index contributed by atoms with van der Waals surface area (Å²) in [5.74, 6) is -0.645. The van der Waals surface area contributed by atoms with Crippen molar-refractivity contribution >= 4 is 11.6 Å². The molecule has 0 radical (unpaired) electrons. The Balaban J connectivity index is 2.24. The summed E-state index contributed by atoms with van der Waals surface area (Å²) in [6, 6.07) is 2.39. The number of halogens is 2. The van der Waals surface area contributed by atoms with E-state index in [-0.39, 0.29) is 22.7 Å². The third-order valence-electron chi connectivity index (χ3n) is 3.23. The largest absolute Gasteiger partial charge is 0.506 e. The third-order valence-corrected chi connectivity index (χ3v) is 3.59. The van der Waals surface area contributed by atoms with Crippen molar-refractivity contribution in [2.24, 2.45) is 11.7 Å². The lowest BCUT2D eigenvalue weighted by atomic mass is 9.87. The minimum Gasteiger partial charge on any atom is -0.506 e. The molecule has 1 fully saturated rings. The van der Waals surface area contributed by atoms with Gasteiger partial charge in [0.25, 0.3) is 0 Å². The van der Waals surface area contributed by atoms with Crippen LogP contribution in [0.3, 0.4) is 0 Å². The van der Waals surface area contributed by atoms with Crippen molar-refractivity contribution in [2.75, 3.05) is 13.2 Å². The van der Waals surface area contributed by atoms with Gasteiger partial charge in [0.05, 0.1) is 0 Å². The molecule has 1 aromatic rings. The van der Waals surface area contributed by atoms with Crippen molar-refractivity contribution < 1.29 is 14.2 Å². The van der Waals surface area contributed by atoms with E-state index >= 15 is 0 Å². The molecule has 1 aromatic carbocycles. The molecular formula is C12H15ClFNO2. The molecule has 1 heterocycles. The maximum absolute atomic E-state index is 13.1. The van der Waals surface area contributed by atoms with Gasteiger partial charge in [-0.05, 0) is 24.8 Å². The second-order valence-corrected chi connectivity index (χ2v) is 4.65. The van der Waals surface area contributed by atoms with E-state index in [1.165, 1.54) is 12.1 Å². The summed E-state index contributed by atoms with van der Waals surface area (Å²) >= 11 is 5.66. The fraction of sp³-hybridized carbons (Fsp3) is 0.500. The molecule has 5 heteroatoms. The number of phenols is 1. The zero-order chi connectivity index (χ0) is 12.4. The van der Waals surface area contributed by atoms with Gasteiger partial charge in [0.2, 0.25) is 0 Å². The fourth-order valence-electron chi connectivity index (χ4n) is 2.15. The fourth-order valence-corrected chi connectivity index (χ4v) is 2.32. The smallest absolute Gasteiger partial charge is 0.145 e. The Morgan fingerprint density at radius 1 is 1.41 bits per heavy atom. The van der Waals surface area contributed by atoms with Crippen LogP contribution in [0.5, 0.6) is 5.75 Å². The molecule has 0 amide bonds. The molecule has 0 unspecified atom stereocenters. The molecule has 3 N–H and O–H groups in total. The lowest BCUT2D eigenvalue weighted by molar-refractivity contribution is 0.0581. The molecule has 1 saturated heterocycles. The molecule has 94 valence electrons. The maximum Gasteiger partial charge on any atom is 0.145 e. The standard InChI is InChI=1S/C12H15ClFNO2/c13-10-9(14)2-1-8(12(10)16)11(15)7-3-5-17-6-4-7/h1-2,7,11,16H,3-6,15H2/t11-/m0/s1. The molecule has 0 bridgehead atoms. The number of hydrogen-bond acceptors (Lipinski definition) is 3. The highest BCUT2D eigenvalue weighted by molar-refractivity contribution is 6.32. The molecular weight excluding hydrogens is 245 g/mol. The predicted octanol–water partition coefficient (Wildman–Crippen LogP) is 2.61. The van der Waals surface area contributed by atoms with Gasteiger partial charge in [-0.1, -0.05) is 17.7 Å². The summed E-state index contributed by atoms with van der Waals surface area (Å²) in [4.78, 5) is 0. The van der Waals surface area contributed by atoms with Crippen molar-refractivity contribution in [3.63, 3.8) is 0 Å². The normalized spacial score (nSPS) is 19.2. The van der Waals surface area contributed by atoms with Gasteiger partial charge >= 0.3 is 0 Å². The zero-order valence-electron chi connectivity index (χ0n) is 9.33. The van der Waals surface area contributed by atoms with Gasteiger partial charge in [0, 0.05) is 24.8 Å². The molecule has 0 spiro atoms. The summed E-state index contributed by atoms with van der Waals surface area (Å²) in [6.45, 7) is 1.35. The number of benzene rings is 1. The summed E-state index contributed by atoms with van der Waals surface area (Å²) in [5.41, 5.74) is 6.60. The average Bonchev–Trinajstić information content (AvgIpc) is 2.36. The Hall–Kier alpha value is -0.840. The average molecular weight is 260 g/mol. The van der Waals surface area contributed by atoms with Gasteiger partial charge in [-0.25, -0.2) is 4.39 Å². The Morgan fingerprint density at radius 2 is 2.06 bits per heavy atom. The first-order chi connectivity index (χ1) is 8.11. The second kappa shape index (κ2) is 5.21. The number of ether oxygens (including phenoxy) is 1. The zero-order valence-corrected chi connectivity index (χ0v) is 10.1. The molecule has 0 aliphatic carbocycles. The van der Waals surface area contributed by atoms with Crippen molar-refractivity contribution in [3.8, 4) is 5.75 Å². The highest BCUT2D eigenvalue weighted by Crippen LogP contribution is 2.37. The first-order valence-electron chi connectivity index (χ1n) is 5.61. The highest BCUT2D eigenvalue weighted by Gasteiger charge is 2.25. The SMILES string of the molecule is N[C@H](c1ccc(F)c(Cl)c1O)C1CCOCC1. The number of rotatable bonds is 2. The molecule has 0 aromatic heterocycles. The Morgan fingerprint density at radius 3 is 2.71 bits per heavy atom. The van der Waals surface area contributed by atoms with Crippen LogP contribution in [0.4, 0.5) is 4.39 Å². The number of hydrogen-bond donors (Lipinski definition) is 2. The first kappa shape index (κ1) is 12.6. The highest BCUT2D eigenvalue weighted by atomic mass is 35.5. The van der Waals surface area contributed by atoms with Crippen LogP contribution in [0.2, 0.25) is 5.02 Å². The number of phenolic OH excluding ortho intramolecular Hbond substituents is 1. The van der Waals surface area contributed by atoms with E-state index in [2.05, 4.69) is 0 Å². The summed E-state index contributed by atoms with van der Waals surface area (Å²) in [5, 5.41) is 9.54. The quantitative estimate of drug-likeness (QED) is 0.858. The Kier molecular flexibility index (Phi) is 3.86. The Labute approximate surface area is 104 Å². The van der Waals surface area contributed by atoms with E-state index in [0.717, 1.165) is 12.8 Å². The minimum absolute atomic E-state index is 0.233. The summed E-state index contributed by atoms with van der Waals surface area (Å²) in [7, 11) is 0. The van der Waals surface area contributed by atoms with Gasteiger partial charge in [-0.15, -0.1) is 0 Å². The van der Waals surface area contributed by atoms with Crippen molar-refractivity contribution in [3.05, 3.63) is 28.5 Å². The van der Waals surface area contributed by atoms with Gasteiger partial charge < -0.3 is 15.6 Å². The molecule has 1 aliphatic heterocycles. The van der Waals surface area contributed by atoms with Crippen LogP contribution in [-0.4, -0.2) is 18.3 Å². The first-order valence-corrected chi connectivity index (χ1v) is 5.99. The molecule has 1 atom stereocenters. The van der Waals surface area contributed by atoms with Crippen LogP contribution in [0.15, 0.2) is 12.1 Å². The van der Waals surface area contributed by atoms with Crippen LogP contribution < -0.4 is 5.73 Å². The monoisotopic (exact) mass is 259 g/mol. The molecule has 0 saturated carbocycles. The van der Waals surface area contributed by atoms with Crippen molar-refractivity contribution in [2.45, 2.75) is 18.9 Å². The predicted molar refractivity (Wildman–Crippen MR) is 63.5 cm³/mol. The summed E-state index contributed by atoms with van der Waals surface area (Å²) in [6.07, 6.45) is 1.69. The van der Waals surface area contributed by atoms with Crippen LogP contribution in [0.1, 0.15) is 24.4 Å². The molecule has 3 nitrogen and oxygen atoms in total. The van der Waals surface area contributed by atoms with Crippen molar-refractivity contribution in [1.82, 2.24) is 0 Å². The van der Waals surface area contributed by atoms with Crippen LogP contribution in [0, 0.1) is 11.7 Å². The molecule has 2 rings (SSSR count). The van der Waals surface area contributed by atoms with Gasteiger partial charge in [0.1, 0.15) is 16.6 Å². The topological polar surface area (TPSA) is 55.5 Å². The molecule has 17 heavy (non-hydrogen) atoms. The van der Waals surface area contributed by atoms with Gasteiger partial charge in [-0.2, -0.15) is 0 Å². The lowest BCUT2D eigenvalue weighted by Crippen LogP contribution is -2.27. The van der Waals surface area contributed by atoms with E-state index in [1.807, 2.05) is 0 Å². The summed E-state index contributed by atoms with van der Waals surface area (Å²) < 4.78 is 18.4. The van der Waals surface area contributed by atoms with Crippen LogP contribution >= 0.6 is 11.6 Å². The maximum atomic E-state index is 13.1. The van der Waals surface area contributed by atoms with Crippen LogP contribution in [-0.2, 0) is 4.74 Å². The minimum atomic E-state index is -0.632. The van der Waals surface area contributed by atoms with Crippen LogP contribution in [0.25, 0.3) is 0 Å². The number of nitrogens with two attached hydrogens (primary N) is 1. The van der Waals surface area contributed by atoms with Gasteiger partial charge in [0.15, 0.2) is 0 Å². The van der Waals surface area contributed by atoms with E-state index in [0.29, 0.717) is 18.8 Å². The molecule has 1 aliphatic rings. The lowest BCUT2D eigenvalue weighted by Gasteiger charge is -2.28. The van der Waals surface area contributed by atoms with Gasteiger partial charge in [-0.3, -0.25) is 0 Å². The van der Waals surface area contributed by atoms with Crippen molar-refractivity contribution in [1.29, 1.82) is 0 Å². The Bertz CT molecular complexity index is 408. The van der Waals surface area contributed by atoms with E-state index in [4.69, 9.17) is 22.1 Å².